The van der Waals surface area contributed by atoms with Gasteiger partial charge in [0.1, 0.15) is 0 Å². The Morgan fingerprint density at radius 1 is 0.933 bits per heavy atom. The van der Waals surface area contributed by atoms with Crippen molar-refractivity contribution in [3.05, 3.63) is 59.7 Å². The molecule has 2 aromatic rings. The third-order valence-corrected chi connectivity index (χ3v) is 5.12. The Morgan fingerprint density at radius 2 is 1.63 bits per heavy atom. The van der Waals surface area contributed by atoms with Gasteiger partial charge in [-0.3, -0.25) is 19.3 Å². The van der Waals surface area contributed by atoms with Gasteiger partial charge in [-0.05, 0) is 56.3 Å². The highest BCUT2D eigenvalue weighted by Gasteiger charge is 2.19. The summed E-state index contributed by atoms with van der Waals surface area (Å²) in [5.41, 5.74) is 2.95. The number of hydrogen-bond acceptors (Lipinski definition) is 5. The summed E-state index contributed by atoms with van der Waals surface area (Å²) in [6, 6.07) is 14.6. The van der Waals surface area contributed by atoms with Crippen LogP contribution in [0.15, 0.2) is 48.5 Å². The Hall–Kier alpha value is -3.19. The molecule has 0 aliphatic carbocycles. The summed E-state index contributed by atoms with van der Waals surface area (Å²) in [4.78, 5) is 40.2. The standard InChI is InChI=1S/C23H28N4O3/c1-3-24-23(30)19-5-4-6-20(15-19)25-22(29)16-26-11-13-27(14-12-26)21-9-7-18(8-10-21)17(2)28/h4-10,15H,3,11-14,16H2,1-2H3,(H,24,30)(H,25,29). The van der Waals surface area contributed by atoms with E-state index in [1.54, 1.807) is 31.2 Å². The molecule has 0 aromatic heterocycles. The molecule has 0 unspecified atom stereocenters. The first kappa shape index (κ1) is 21.5. The van der Waals surface area contributed by atoms with Crippen molar-refractivity contribution in [1.29, 1.82) is 0 Å². The SMILES string of the molecule is CCNC(=O)c1cccc(NC(=O)CN2CCN(c3ccc(C(C)=O)cc3)CC2)c1. The number of nitrogens with one attached hydrogen (secondary N) is 2. The third kappa shape index (κ3) is 5.67. The molecule has 0 radical (unpaired) electrons. The minimum atomic E-state index is -0.152. The Labute approximate surface area is 177 Å². The first-order valence-electron chi connectivity index (χ1n) is 10.2. The molecule has 2 aromatic carbocycles. The Bertz CT molecular complexity index is 903. The zero-order chi connectivity index (χ0) is 21.5. The average Bonchev–Trinajstić information content (AvgIpc) is 2.74. The van der Waals surface area contributed by atoms with Crippen LogP contribution in [0.4, 0.5) is 11.4 Å². The normalized spacial score (nSPS) is 14.3. The zero-order valence-electron chi connectivity index (χ0n) is 17.5. The molecular weight excluding hydrogens is 380 g/mol. The van der Waals surface area contributed by atoms with E-state index in [9.17, 15) is 14.4 Å². The fourth-order valence-corrected chi connectivity index (χ4v) is 3.48. The van der Waals surface area contributed by atoms with Crippen LogP contribution in [0.1, 0.15) is 34.6 Å². The van der Waals surface area contributed by atoms with Gasteiger partial charge >= 0.3 is 0 Å². The maximum atomic E-state index is 12.4. The highest BCUT2D eigenvalue weighted by atomic mass is 16.2. The number of Topliss-reactive ketones (excluding diaryl/α,β-unsaturated/α-hetero) is 1. The second kappa shape index (κ2) is 10.0. The molecular formula is C23H28N4O3. The number of nitrogens with zero attached hydrogens (tertiary/aromatic N) is 2. The lowest BCUT2D eigenvalue weighted by atomic mass is 10.1. The smallest absolute Gasteiger partial charge is 0.251 e. The molecule has 0 spiro atoms. The molecule has 1 heterocycles. The average molecular weight is 409 g/mol. The number of anilines is 2. The van der Waals surface area contributed by atoms with Gasteiger partial charge in [-0.25, -0.2) is 0 Å². The molecule has 0 saturated carbocycles. The summed E-state index contributed by atoms with van der Waals surface area (Å²) >= 11 is 0. The first-order chi connectivity index (χ1) is 14.5. The second-order valence-corrected chi connectivity index (χ2v) is 7.35. The van der Waals surface area contributed by atoms with E-state index in [4.69, 9.17) is 0 Å². The van der Waals surface area contributed by atoms with E-state index in [0.29, 0.717) is 29.9 Å². The van der Waals surface area contributed by atoms with Gasteiger partial charge in [0.25, 0.3) is 5.91 Å². The summed E-state index contributed by atoms with van der Waals surface area (Å²) in [5.74, 6) is -0.183. The van der Waals surface area contributed by atoms with Gasteiger partial charge in [0.15, 0.2) is 5.78 Å². The van der Waals surface area contributed by atoms with Gasteiger partial charge < -0.3 is 15.5 Å². The number of rotatable bonds is 7. The van der Waals surface area contributed by atoms with Crippen molar-refractivity contribution in [2.75, 3.05) is 49.5 Å². The zero-order valence-corrected chi connectivity index (χ0v) is 17.5. The van der Waals surface area contributed by atoms with Gasteiger partial charge in [0, 0.05) is 55.2 Å². The second-order valence-electron chi connectivity index (χ2n) is 7.35. The van der Waals surface area contributed by atoms with Gasteiger partial charge in [0.05, 0.1) is 6.54 Å². The monoisotopic (exact) mass is 408 g/mol. The van der Waals surface area contributed by atoms with Gasteiger partial charge in [-0.15, -0.1) is 0 Å². The van der Waals surface area contributed by atoms with Crippen LogP contribution in [0, 0.1) is 0 Å². The van der Waals surface area contributed by atoms with Crippen molar-refractivity contribution in [3.63, 3.8) is 0 Å². The number of piperazine rings is 1. The van der Waals surface area contributed by atoms with Crippen LogP contribution < -0.4 is 15.5 Å². The Morgan fingerprint density at radius 3 is 2.27 bits per heavy atom. The van der Waals surface area contributed by atoms with Crippen molar-refractivity contribution < 1.29 is 14.4 Å². The summed E-state index contributed by atoms with van der Waals surface area (Å²) in [6.45, 7) is 7.49. The van der Waals surface area contributed by atoms with E-state index >= 15 is 0 Å². The number of carbonyl (C=O) groups excluding carboxylic acids is 3. The van der Waals surface area contributed by atoms with Crippen LogP contribution in [0.5, 0.6) is 0 Å². The summed E-state index contributed by atoms with van der Waals surface area (Å²) in [5, 5.41) is 5.63. The molecule has 7 heteroatoms. The molecule has 158 valence electrons. The van der Waals surface area contributed by atoms with Crippen molar-refractivity contribution in [1.82, 2.24) is 10.2 Å². The van der Waals surface area contributed by atoms with Crippen LogP contribution in [0.3, 0.4) is 0 Å². The van der Waals surface area contributed by atoms with Crippen molar-refractivity contribution in [2.45, 2.75) is 13.8 Å². The number of ketones is 1. The molecule has 7 nitrogen and oxygen atoms in total. The van der Waals surface area contributed by atoms with Crippen molar-refractivity contribution in [3.8, 4) is 0 Å². The van der Waals surface area contributed by atoms with Crippen LogP contribution in [0.25, 0.3) is 0 Å². The minimum absolute atomic E-state index is 0.0638. The fourth-order valence-electron chi connectivity index (χ4n) is 3.48. The Balaban J connectivity index is 1.49. The molecule has 0 bridgehead atoms. The molecule has 1 fully saturated rings. The molecule has 0 atom stereocenters. The third-order valence-electron chi connectivity index (χ3n) is 5.12. The molecule has 30 heavy (non-hydrogen) atoms. The van der Waals surface area contributed by atoms with E-state index in [1.165, 1.54) is 0 Å². The minimum Gasteiger partial charge on any atom is -0.369 e. The maximum Gasteiger partial charge on any atom is 0.251 e. The fraction of sp³-hybridized carbons (Fsp3) is 0.348. The van der Waals surface area contributed by atoms with E-state index in [-0.39, 0.29) is 17.6 Å². The summed E-state index contributed by atoms with van der Waals surface area (Å²) in [7, 11) is 0. The molecule has 1 aliphatic rings. The van der Waals surface area contributed by atoms with Gasteiger partial charge in [-0.2, -0.15) is 0 Å². The van der Waals surface area contributed by atoms with Crippen molar-refractivity contribution in [2.24, 2.45) is 0 Å². The van der Waals surface area contributed by atoms with Crippen LogP contribution in [-0.2, 0) is 4.79 Å². The first-order valence-corrected chi connectivity index (χ1v) is 10.2. The quantitative estimate of drug-likeness (QED) is 0.688. The topological polar surface area (TPSA) is 81.8 Å². The predicted octanol–water partition coefficient (Wildman–Crippen LogP) is 2.40. The number of hydrogen-bond donors (Lipinski definition) is 2. The molecule has 2 amide bonds. The highest BCUT2D eigenvalue weighted by Crippen LogP contribution is 2.18. The van der Waals surface area contributed by atoms with Gasteiger partial charge in [0.2, 0.25) is 5.91 Å². The Kier molecular flexibility index (Phi) is 7.19. The molecule has 2 N–H and O–H groups in total. The molecule has 1 aliphatic heterocycles. The van der Waals surface area contributed by atoms with E-state index < -0.39 is 0 Å². The van der Waals surface area contributed by atoms with Gasteiger partial charge in [-0.1, -0.05) is 6.07 Å². The van der Waals surface area contributed by atoms with Crippen molar-refractivity contribution >= 4 is 29.0 Å². The van der Waals surface area contributed by atoms with Crippen LogP contribution >= 0.6 is 0 Å². The lowest BCUT2D eigenvalue weighted by Crippen LogP contribution is -2.48. The van der Waals surface area contributed by atoms with E-state index in [2.05, 4.69) is 20.4 Å². The number of amides is 2. The lowest BCUT2D eigenvalue weighted by molar-refractivity contribution is -0.117. The molecule has 1 saturated heterocycles. The van der Waals surface area contributed by atoms with Crippen LogP contribution in [0.2, 0.25) is 0 Å². The highest BCUT2D eigenvalue weighted by molar-refractivity contribution is 5.97. The molecule has 3 rings (SSSR count). The maximum absolute atomic E-state index is 12.4. The van der Waals surface area contributed by atoms with E-state index in [1.807, 2.05) is 31.2 Å². The van der Waals surface area contributed by atoms with Crippen LogP contribution in [-0.4, -0.2) is 61.8 Å². The van der Waals surface area contributed by atoms with E-state index in [0.717, 1.165) is 31.9 Å². The summed E-state index contributed by atoms with van der Waals surface area (Å²) < 4.78 is 0. The number of benzene rings is 2. The number of carbonyl (C=O) groups is 3. The lowest BCUT2D eigenvalue weighted by Gasteiger charge is -2.35. The largest absolute Gasteiger partial charge is 0.369 e. The summed E-state index contributed by atoms with van der Waals surface area (Å²) in [6.07, 6.45) is 0. The predicted molar refractivity (Wildman–Crippen MR) is 118 cm³/mol.